The van der Waals surface area contributed by atoms with Crippen LogP contribution in [0.3, 0.4) is 0 Å². The minimum atomic E-state index is -0.662. The van der Waals surface area contributed by atoms with Crippen molar-refractivity contribution in [3.05, 3.63) is 52.1 Å². The first kappa shape index (κ1) is 19.4. The second-order valence-corrected chi connectivity index (χ2v) is 7.86. The number of piperidine rings is 1. The van der Waals surface area contributed by atoms with Gasteiger partial charge in [-0.3, -0.25) is 14.9 Å². The maximum absolute atomic E-state index is 13.4. The number of nitrogens with zero attached hydrogens (tertiary/aromatic N) is 4. The number of hydrogen-bond donors (Lipinski definition) is 2. The maximum atomic E-state index is 13.4. The van der Waals surface area contributed by atoms with Crippen molar-refractivity contribution < 1.29 is 14.8 Å². The third kappa shape index (κ3) is 3.57. The van der Waals surface area contributed by atoms with Gasteiger partial charge in [0, 0.05) is 36.6 Å². The van der Waals surface area contributed by atoms with Crippen LogP contribution in [0.1, 0.15) is 42.4 Å². The van der Waals surface area contributed by atoms with E-state index in [4.69, 9.17) is 0 Å². The van der Waals surface area contributed by atoms with E-state index in [1.54, 1.807) is 6.20 Å². The van der Waals surface area contributed by atoms with Gasteiger partial charge in [0.15, 0.2) is 5.75 Å². The molecular weight excluding hydrogens is 374 g/mol. The van der Waals surface area contributed by atoms with Crippen molar-refractivity contribution in [3.63, 3.8) is 0 Å². The van der Waals surface area contributed by atoms with E-state index in [-0.39, 0.29) is 22.9 Å². The molecule has 1 aromatic carbocycles. The predicted octanol–water partition coefficient (Wildman–Crippen LogP) is 2.30. The molecule has 1 unspecified atom stereocenters. The molecule has 1 amide bonds. The number of phenols is 1. The Morgan fingerprint density at radius 1 is 1.45 bits per heavy atom. The SMILES string of the molecule is CCn1ccnc1CN(C(=O)c1ccc([N+](=O)[O-])c(O)c1)C1CC12CCNCC2. The molecule has 2 fully saturated rings. The molecule has 2 aromatic rings. The Hall–Kier alpha value is -2.94. The Kier molecular flexibility index (Phi) is 4.99. The highest BCUT2D eigenvalue weighted by Gasteiger charge is 2.58. The number of carbonyl (C=O) groups is 1. The number of nitrogens with one attached hydrogen (secondary N) is 1. The van der Waals surface area contributed by atoms with E-state index in [0.29, 0.717) is 6.54 Å². The molecule has 2 N–H and O–H groups in total. The van der Waals surface area contributed by atoms with Crippen LogP contribution in [0.4, 0.5) is 5.69 Å². The van der Waals surface area contributed by atoms with Crippen LogP contribution in [-0.4, -0.2) is 49.5 Å². The Balaban J connectivity index is 1.64. The minimum Gasteiger partial charge on any atom is -0.502 e. The van der Waals surface area contributed by atoms with Crippen LogP contribution in [0.5, 0.6) is 5.75 Å². The topological polar surface area (TPSA) is 114 Å². The second-order valence-electron chi connectivity index (χ2n) is 7.86. The molecule has 9 heteroatoms. The van der Waals surface area contributed by atoms with Crippen molar-refractivity contribution in [1.82, 2.24) is 19.8 Å². The van der Waals surface area contributed by atoms with Gasteiger partial charge in [-0.1, -0.05) is 0 Å². The third-order valence-corrected chi connectivity index (χ3v) is 6.26. The van der Waals surface area contributed by atoms with Gasteiger partial charge in [-0.05, 0) is 56.8 Å². The van der Waals surface area contributed by atoms with Gasteiger partial charge in [0.1, 0.15) is 5.82 Å². The number of rotatable bonds is 6. The summed E-state index contributed by atoms with van der Waals surface area (Å²) in [4.78, 5) is 30.0. The lowest BCUT2D eigenvalue weighted by molar-refractivity contribution is -0.385. The average Bonchev–Trinajstić information content (AvgIpc) is 3.19. The fourth-order valence-electron chi connectivity index (χ4n) is 4.46. The molecule has 29 heavy (non-hydrogen) atoms. The summed E-state index contributed by atoms with van der Waals surface area (Å²) in [5.41, 5.74) is -0.0255. The Bertz CT molecular complexity index is 935. The Labute approximate surface area is 168 Å². The van der Waals surface area contributed by atoms with E-state index in [9.17, 15) is 20.0 Å². The molecule has 1 saturated heterocycles. The molecule has 1 saturated carbocycles. The molecule has 0 radical (unpaired) electrons. The number of hydrogen-bond acceptors (Lipinski definition) is 6. The van der Waals surface area contributed by atoms with Crippen molar-refractivity contribution >= 4 is 11.6 Å². The number of aromatic nitrogens is 2. The van der Waals surface area contributed by atoms with Crippen LogP contribution in [0, 0.1) is 15.5 Å². The highest BCUT2D eigenvalue weighted by Crippen LogP contribution is 2.56. The van der Waals surface area contributed by atoms with E-state index in [1.807, 2.05) is 22.6 Å². The number of aryl methyl sites for hydroxylation is 1. The summed E-state index contributed by atoms with van der Waals surface area (Å²) in [6, 6.07) is 3.89. The highest BCUT2D eigenvalue weighted by molar-refractivity contribution is 5.95. The van der Waals surface area contributed by atoms with Crippen molar-refractivity contribution in [2.75, 3.05) is 13.1 Å². The lowest BCUT2D eigenvalue weighted by Crippen LogP contribution is -2.39. The molecule has 154 valence electrons. The van der Waals surface area contributed by atoms with E-state index in [0.717, 1.165) is 44.7 Å². The van der Waals surface area contributed by atoms with E-state index >= 15 is 0 Å². The van der Waals surface area contributed by atoms with Gasteiger partial charge in [-0.2, -0.15) is 0 Å². The van der Waals surface area contributed by atoms with Crippen LogP contribution in [0.15, 0.2) is 30.6 Å². The van der Waals surface area contributed by atoms with E-state index < -0.39 is 16.4 Å². The van der Waals surface area contributed by atoms with Gasteiger partial charge in [-0.15, -0.1) is 0 Å². The Morgan fingerprint density at radius 3 is 2.86 bits per heavy atom. The van der Waals surface area contributed by atoms with Gasteiger partial charge in [0.2, 0.25) is 0 Å². The molecule has 2 heterocycles. The van der Waals surface area contributed by atoms with Crippen LogP contribution in [-0.2, 0) is 13.1 Å². The van der Waals surface area contributed by atoms with Crippen molar-refractivity contribution in [2.45, 2.75) is 45.3 Å². The summed E-state index contributed by atoms with van der Waals surface area (Å²) in [5, 5.41) is 24.3. The maximum Gasteiger partial charge on any atom is 0.310 e. The van der Waals surface area contributed by atoms with E-state index in [1.165, 1.54) is 18.2 Å². The summed E-state index contributed by atoms with van der Waals surface area (Å²) < 4.78 is 2.01. The fraction of sp³-hybridized carbons (Fsp3) is 0.500. The monoisotopic (exact) mass is 399 g/mol. The number of amides is 1. The quantitative estimate of drug-likeness (QED) is 0.569. The molecule has 1 atom stereocenters. The summed E-state index contributed by atoms with van der Waals surface area (Å²) >= 11 is 0. The smallest absolute Gasteiger partial charge is 0.310 e. The fourth-order valence-corrected chi connectivity index (χ4v) is 4.46. The number of benzene rings is 1. The first-order valence-electron chi connectivity index (χ1n) is 9.94. The largest absolute Gasteiger partial charge is 0.502 e. The van der Waals surface area contributed by atoms with E-state index in [2.05, 4.69) is 10.3 Å². The van der Waals surface area contributed by atoms with Gasteiger partial charge < -0.3 is 19.9 Å². The molecule has 1 spiro atoms. The molecule has 2 aliphatic rings. The first-order chi connectivity index (χ1) is 13.9. The average molecular weight is 399 g/mol. The zero-order chi connectivity index (χ0) is 20.6. The highest BCUT2D eigenvalue weighted by atomic mass is 16.6. The molecular formula is C20H25N5O4. The summed E-state index contributed by atoms with van der Waals surface area (Å²) in [5.74, 6) is 0.0764. The van der Waals surface area contributed by atoms with Crippen molar-refractivity contribution in [2.24, 2.45) is 5.41 Å². The summed E-state index contributed by atoms with van der Waals surface area (Å²) in [7, 11) is 0. The number of nitro groups is 1. The lowest BCUT2D eigenvalue weighted by Gasteiger charge is -2.29. The summed E-state index contributed by atoms with van der Waals surface area (Å²) in [6.07, 6.45) is 6.62. The van der Waals surface area contributed by atoms with Gasteiger partial charge in [0.05, 0.1) is 11.5 Å². The van der Waals surface area contributed by atoms with Gasteiger partial charge >= 0.3 is 5.69 Å². The number of carbonyl (C=O) groups excluding carboxylic acids is 1. The van der Waals surface area contributed by atoms with Crippen molar-refractivity contribution in [1.29, 1.82) is 0 Å². The van der Waals surface area contributed by atoms with Crippen LogP contribution in [0.25, 0.3) is 0 Å². The normalized spacial score (nSPS) is 19.8. The van der Waals surface area contributed by atoms with Crippen LogP contribution in [0.2, 0.25) is 0 Å². The zero-order valence-corrected chi connectivity index (χ0v) is 16.4. The van der Waals surface area contributed by atoms with Gasteiger partial charge in [0.25, 0.3) is 5.91 Å². The Morgan fingerprint density at radius 2 is 2.21 bits per heavy atom. The third-order valence-electron chi connectivity index (χ3n) is 6.26. The number of imidazole rings is 1. The second kappa shape index (κ2) is 7.47. The number of aromatic hydroxyl groups is 1. The minimum absolute atomic E-state index is 0.108. The summed E-state index contributed by atoms with van der Waals surface area (Å²) in [6.45, 7) is 5.05. The lowest BCUT2D eigenvalue weighted by atomic mass is 9.93. The van der Waals surface area contributed by atoms with Gasteiger partial charge in [-0.25, -0.2) is 4.98 Å². The molecule has 1 aliphatic heterocycles. The first-order valence-corrected chi connectivity index (χ1v) is 9.94. The predicted molar refractivity (Wildman–Crippen MR) is 105 cm³/mol. The molecule has 4 rings (SSSR count). The molecule has 1 aromatic heterocycles. The zero-order valence-electron chi connectivity index (χ0n) is 16.4. The molecule has 1 aliphatic carbocycles. The molecule has 0 bridgehead atoms. The number of nitro benzene ring substituents is 1. The van der Waals surface area contributed by atoms with Crippen LogP contribution >= 0.6 is 0 Å². The standard InChI is InChI=1S/C20H25N5O4/c1-2-23-10-9-22-18(23)13-24(17-12-20(17)5-7-21-8-6-20)19(27)14-3-4-15(25(28)29)16(26)11-14/h3-4,9-11,17,21,26H,2,5-8,12-13H2,1H3. The van der Waals surface area contributed by atoms with Crippen LogP contribution < -0.4 is 5.32 Å². The number of phenolic OH excluding ortho intramolecular Hbond substituents is 1. The van der Waals surface area contributed by atoms with Crippen molar-refractivity contribution in [3.8, 4) is 5.75 Å². The molecule has 9 nitrogen and oxygen atoms in total.